The van der Waals surface area contributed by atoms with Crippen LogP contribution in [0.1, 0.15) is 44.1 Å². The summed E-state index contributed by atoms with van der Waals surface area (Å²) in [6.45, 7) is 3.10. The molecule has 3 atom stereocenters. The largest absolute Gasteiger partial charge is 0.385 e. The van der Waals surface area contributed by atoms with Gasteiger partial charge >= 0.3 is 0 Å². The number of hydrogen-bond acceptors (Lipinski definition) is 2. The zero-order valence-corrected chi connectivity index (χ0v) is 11.5. The molecule has 0 bridgehead atoms. The molecule has 2 aliphatic rings. The second-order valence-electron chi connectivity index (χ2n) is 5.75. The van der Waals surface area contributed by atoms with E-state index in [9.17, 15) is 4.79 Å². The number of hydrogen-bond donors (Lipinski definition) is 2. The predicted octanol–water partition coefficient (Wildman–Crippen LogP) is 2.89. The van der Waals surface area contributed by atoms with Gasteiger partial charge in [-0.15, -0.1) is 0 Å². The Morgan fingerprint density at radius 1 is 1.42 bits per heavy atom. The highest BCUT2D eigenvalue weighted by Crippen LogP contribution is 2.36. The van der Waals surface area contributed by atoms with E-state index in [-0.39, 0.29) is 11.8 Å². The molecule has 3 nitrogen and oxygen atoms in total. The standard InChI is InChI=1S/C16H22N2O/c1-2-5-11-10-15(11)18-16(19)13-8-9-17-14-7-4-3-6-12(13)14/h3-4,6-7,11,13,15,17H,2,5,8-10H2,1H3,(H,18,19). The van der Waals surface area contributed by atoms with E-state index in [4.69, 9.17) is 0 Å². The second kappa shape index (κ2) is 5.24. The van der Waals surface area contributed by atoms with Gasteiger partial charge in [-0.3, -0.25) is 4.79 Å². The van der Waals surface area contributed by atoms with Crippen LogP contribution in [0.4, 0.5) is 5.69 Å². The number of anilines is 1. The molecular formula is C16H22N2O. The molecule has 1 amide bonds. The molecule has 0 saturated heterocycles. The van der Waals surface area contributed by atoms with Crippen LogP contribution in [-0.2, 0) is 4.79 Å². The van der Waals surface area contributed by atoms with E-state index in [2.05, 4.69) is 29.7 Å². The van der Waals surface area contributed by atoms with Crippen LogP contribution in [0.2, 0.25) is 0 Å². The van der Waals surface area contributed by atoms with Crippen LogP contribution in [0.5, 0.6) is 0 Å². The van der Waals surface area contributed by atoms with Gasteiger partial charge in [-0.05, 0) is 36.8 Å². The first-order valence-corrected chi connectivity index (χ1v) is 7.42. The Morgan fingerprint density at radius 3 is 3.11 bits per heavy atom. The minimum Gasteiger partial charge on any atom is -0.385 e. The Bertz CT molecular complexity index is 472. The normalized spacial score (nSPS) is 28.2. The number of rotatable bonds is 4. The molecule has 102 valence electrons. The van der Waals surface area contributed by atoms with Crippen LogP contribution >= 0.6 is 0 Å². The Balaban J connectivity index is 1.65. The number of carbonyl (C=O) groups excluding carboxylic acids is 1. The van der Waals surface area contributed by atoms with Crippen molar-refractivity contribution in [1.29, 1.82) is 0 Å². The fraction of sp³-hybridized carbons (Fsp3) is 0.562. The number of benzene rings is 1. The summed E-state index contributed by atoms with van der Waals surface area (Å²) in [5.41, 5.74) is 2.27. The highest BCUT2D eigenvalue weighted by Gasteiger charge is 2.39. The molecule has 1 saturated carbocycles. The predicted molar refractivity (Wildman–Crippen MR) is 77.2 cm³/mol. The Hall–Kier alpha value is -1.51. The van der Waals surface area contributed by atoms with Crippen molar-refractivity contribution in [3.05, 3.63) is 29.8 Å². The molecule has 3 unspecified atom stereocenters. The summed E-state index contributed by atoms with van der Waals surface area (Å²) in [6, 6.07) is 8.61. The molecule has 1 aliphatic heterocycles. The summed E-state index contributed by atoms with van der Waals surface area (Å²) in [6.07, 6.45) is 4.53. The van der Waals surface area contributed by atoms with Crippen molar-refractivity contribution in [3.8, 4) is 0 Å². The maximum absolute atomic E-state index is 12.4. The zero-order valence-electron chi connectivity index (χ0n) is 11.5. The monoisotopic (exact) mass is 258 g/mol. The Kier molecular flexibility index (Phi) is 3.45. The molecule has 1 heterocycles. The summed E-state index contributed by atoms with van der Waals surface area (Å²) < 4.78 is 0. The van der Waals surface area contributed by atoms with Gasteiger partial charge in [0.1, 0.15) is 0 Å². The van der Waals surface area contributed by atoms with Crippen LogP contribution in [-0.4, -0.2) is 18.5 Å². The molecule has 0 spiro atoms. The van der Waals surface area contributed by atoms with Crippen LogP contribution in [0.15, 0.2) is 24.3 Å². The van der Waals surface area contributed by atoms with Crippen molar-refractivity contribution >= 4 is 11.6 Å². The third-order valence-corrected chi connectivity index (χ3v) is 4.31. The summed E-state index contributed by atoms with van der Waals surface area (Å²) in [4.78, 5) is 12.4. The minimum atomic E-state index is 0.0281. The first-order valence-electron chi connectivity index (χ1n) is 7.42. The molecule has 0 aromatic heterocycles. The molecule has 3 heteroatoms. The van der Waals surface area contributed by atoms with Crippen molar-refractivity contribution in [2.24, 2.45) is 5.92 Å². The van der Waals surface area contributed by atoms with Gasteiger partial charge in [0.05, 0.1) is 5.92 Å². The van der Waals surface area contributed by atoms with Gasteiger partial charge in [0.15, 0.2) is 0 Å². The average Bonchev–Trinajstić information content (AvgIpc) is 3.16. The van der Waals surface area contributed by atoms with Crippen LogP contribution in [0, 0.1) is 5.92 Å². The number of carbonyl (C=O) groups is 1. The first kappa shape index (κ1) is 12.5. The molecule has 1 aliphatic carbocycles. The molecule has 3 rings (SSSR count). The lowest BCUT2D eigenvalue weighted by molar-refractivity contribution is -0.122. The van der Waals surface area contributed by atoms with Crippen LogP contribution < -0.4 is 10.6 Å². The summed E-state index contributed by atoms with van der Waals surface area (Å²) in [5, 5.41) is 6.60. The lowest BCUT2D eigenvalue weighted by Crippen LogP contribution is -2.35. The summed E-state index contributed by atoms with van der Waals surface area (Å²) in [7, 11) is 0. The molecular weight excluding hydrogens is 236 g/mol. The van der Waals surface area contributed by atoms with Gasteiger partial charge in [0.25, 0.3) is 0 Å². The summed E-state index contributed by atoms with van der Waals surface area (Å²) >= 11 is 0. The van der Waals surface area contributed by atoms with Crippen molar-refractivity contribution in [2.45, 2.75) is 44.6 Å². The van der Waals surface area contributed by atoms with E-state index in [1.165, 1.54) is 19.3 Å². The van der Waals surface area contributed by atoms with Gasteiger partial charge < -0.3 is 10.6 Å². The Labute approximate surface area is 114 Å². The number of amides is 1. The molecule has 19 heavy (non-hydrogen) atoms. The average molecular weight is 258 g/mol. The van der Waals surface area contributed by atoms with Crippen molar-refractivity contribution in [3.63, 3.8) is 0 Å². The third-order valence-electron chi connectivity index (χ3n) is 4.31. The van der Waals surface area contributed by atoms with Gasteiger partial charge in [0, 0.05) is 18.3 Å². The quantitative estimate of drug-likeness (QED) is 0.872. The van der Waals surface area contributed by atoms with E-state index in [0.717, 1.165) is 30.1 Å². The highest BCUT2D eigenvalue weighted by molar-refractivity contribution is 5.86. The van der Waals surface area contributed by atoms with Crippen LogP contribution in [0.3, 0.4) is 0 Å². The maximum atomic E-state index is 12.4. The third kappa shape index (κ3) is 2.60. The zero-order chi connectivity index (χ0) is 13.2. The smallest absolute Gasteiger partial charge is 0.227 e. The molecule has 2 N–H and O–H groups in total. The number of para-hydroxylation sites is 1. The fourth-order valence-corrected chi connectivity index (χ4v) is 3.14. The molecule has 0 radical (unpaired) electrons. The summed E-state index contributed by atoms with van der Waals surface area (Å²) in [5.74, 6) is 0.976. The van der Waals surface area contributed by atoms with E-state index in [1.807, 2.05) is 12.1 Å². The van der Waals surface area contributed by atoms with E-state index in [0.29, 0.717) is 6.04 Å². The fourth-order valence-electron chi connectivity index (χ4n) is 3.14. The van der Waals surface area contributed by atoms with Gasteiger partial charge in [-0.2, -0.15) is 0 Å². The lowest BCUT2D eigenvalue weighted by Gasteiger charge is -2.26. The first-order chi connectivity index (χ1) is 9.29. The Morgan fingerprint density at radius 2 is 2.26 bits per heavy atom. The van der Waals surface area contributed by atoms with Gasteiger partial charge in [-0.25, -0.2) is 0 Å². The minimum absolute atomic E-state index is 0.0281. The van der Waals surface area contributed by atoms with Gasteiger partial charge in [0.2, 0.25) is 5.91 Å². The van der Waals surface area contributed by atoms with Crippen molar-refractivity contribution in [1.82, 2.24) is 5.32 Å². The topological polar surface area (TPSA) is 41.1 Å². The SMILES string of the molecule is CCCC1CC1NC(=O)C1CCNc2ccccc21. The molecule has 1 fully saturated rings. The highest BCUT2D eigenvalue weighted by atomic mass is 16.2. The van der Waals surface area contributed by atoms with E-state index < -0.39 is 0 Å². The molecule has 1 aromatic rings. The van der Waals surface area contributed by atoms with Crippen molar-refractivity contribution in [2.75, 3.05) is 11.9 Å². The maximum Gasteiger partial charge on any atom is 0.227 e. The van der Waals surface area contributed by atoms with E-state index in [1.54, 1.807) is 0 Å². The van der Waals surface area contributed by atoms with Crippen LogP contribution in [0.25, 0.3) is 0 Å². The van der Waals surface area contributed by atoms with Crippen molar-refractivity contribution < 1.29 is 4.79 Å². The number of nitrogens with one attached hydrogen (secondary N) is 2. The second-order valence-corrected chi connectivity index (χ2v) is 5.75. The van der Waals surface area contributed by atoms with Gasteiger partial charge in [-0.1, -0.05) is 31.5 Å². The molecule has 1 aromatic carbocycles. The van der Waals surface area contributed by atoms with E-state index >= 15 is 0 Å². The lowest BCUT2D eigenvalue weighted by atomic mass is 9.90. The number of fused-ring (bicyclic) bond motifs is 1.